The van der Waals surface area contributed by atoms with Gasteiger partial charge in [-0.25, -0.2) is 0 Å². The van der Waals surface area contributed by atoms with E-state index in [2.05, 4.69) is 56.8 Å². The van der Waals surface area contributed by atoms with E-state index in [-0.39, 0.29) is 11.1 Å². The van der Waals surface area contributed by atoms with E-state index in [0.717, 1.165) is 26.1 Å². The maximum Gasteiger partial charge on any atom is 0.0471 e. The molecule has 2 saturated heterocycles. The fourth-order valence-electron chi connectivity index (χ4n) is 3.70. The van der Waals surface area contributed by atoms with Crippen LogP contribution in [-0.4, -0.2) is 71.4 Å². The Balaban J connectivity index is 1.92. The molecule has 2 aliphatic heterocycles. The Morgan fingerprint density at radius 2 is 1.90 bits per heavy atom. The number of hydrogen-bond donors (Lipinski definition) is 2. The number of rotatable bonds is 5. The summed E-state index contributed by atoms with van der Waals surface area (Å²) >= 11 is 0. The second-order valence-corrected chi connectivity index (χ2v) is 8.66. The van der Waals surface area contributed by atoms with Gasteiger partial charge in [-0.2, -0.15) is 0 Å². The molecular weight excluding hydrogens is 262 g/mol. The third kappa shape index (κ3) is 3.79. The molecule has 0 aromatic heterocycles. The highest BCUT2D eigenvalue weighted by Gasteiger charge is 2.42. The first-order valence-electron chi connectivity index (χ1n) is 8.47. The molecule has 0 aromatic carbocycles. The van der Waals surface area contributed by atoms with E-state index in [9.17, 15) is 5.11 Å². The molecule has 3 unspecified atom stereocenters. The topological polar surface area (TPSA) is 38.7 Å². The summed E-state index contributed by atoms with van der Waals surface area (Å²) in [6, 6.07) is 1.22. The van der Waals surface area contributed by atoms with Gasteiger partial charge in [0.05, 0.1) is 0 Å². The molecule has 2 aliphatic rings. The minimum atomic E-state index is 0.207. The number of aliphatic hydroxyl groups excluding tert-OH is 1. The number of likely N-dealkylation sites (tertiary alicyclic amines) is 1. The average molecular weight is 297 g/mol. The first kappa shape index (κ1) is 17.2. The Morgan fingerprint density at radius 1 is 1.24 bits per heavy atom. The fourth-order valence-corrected chi connectivity index (χ4v) is 3.70. The van der Waals surface area contributed by atoms with Crippen LogP contribution >= 0.6 is 0 Å². The van der Waals surface area contributed by atoms with Crippen molar-refractivity contribution in [1.82, 2.24) is 15.1 Å². The van der Waals surface area contributed by atoms with Crippen LogP contribution in [0.5, 0.6) is 0 Å². The van der Waals surface area contributed by atoms with E-state index in [1.54, 1.807) is 0 Å². The van der Waals surface area contributed by atoms with Crippen molar-refractivity contribution in [1.29, 1.82) is 0 Å². The van der Waals surface area contributed by atoms with Crippen LogP contribution in [0.2, 0.25) is 0 Å². The van der Waals surface area contributed by atoms with Gasteiger partial charge in [0.25, 0.3) is 0 Å². The molecule has 21 heavy (non-hydrogen) atoms. The molecule has 0 aliphatic carbocycles. The van der Waals surface area contributed by atoms with Gasteiger partial charge in [0.15, 0.2) is 0 Å². The maximum atomic E-state index is 9.35. The van der Waals surface area contributed by atoms with Crippen molar-refractivity contribution in [3.8, 4) is 0 Å². The van der Waals surface area contributed by atoms with Crippen LogP contribution in [0, 0.1) is 5.92 Å². The number of nitrogens with zero attached hydrogens (tertiary/aromatic N) is 2. The molecule has 4 heteroatoms. The lowest BCUT2D eigenvalue weighted by Gasteiger charge is -2.52. The molecule has 0 bridgehead atoms. The van der Waals surface area contributed by atoms with E-state index in [0.29, 0.717) is 24.6 Å². The van der Waals surface area contributed by atoms with Gasteiger partial charge in [0.1, 0.15) is 0 Å². The second-order valence-electron chi connectivity index (χ2n) is 8.66. The van der Waals surface area contributed by atoms with Gasteiger partial charge in [-0.3, -0.25) is 9.80 Å². The van der Waals surface area contributed by atoms with Gasteiger partial charge in [-0.1, -0.05) is 0 Å². The van der Waals surface area contributed by atoms with Gasteiger partial charge < -0.3 is 10.4 Å². The van der Waals surface area contributed by atoms with E-state index in [1.807, 2.05) is 0 Å². The van der Waals surface area contributed by atoms with Gasteiger partial charge in [-0.05, 0) is 67.0 Å². The smallest absolute Gasteiger partial charge is 0.0471 e. The molecule has 0 spiro atoms. The van der Waals surface area contributed by atoms with Gasteiger partial charge >= 0.3 is 0 Å². The average Bonchev–Trinajstić information content (AvgIpc) is 2.83. The molecule has 2 rings (SSSR count). The Bertz CT molecular complexity index is 350. The second kappa shape index (κ2) is 6.15. The number of likely N-dealkylation sites (N-methyl/N-ethyl adjacent to an activating group) is 1. The first-order chi connectivity index (χ1) is 9.65. The van der Waals surface area contributed by atoms with Crippen LogP contribution in [-0.2, 0) is 0 Å². The van der Waals surface area contributed by atoms with Crippen LogP contribution < -0.4 is 5.32 Å². The first-order valence-corrected chi connectivity index (χ1v) is 8.47. The third-order valence-corrected chi connectivity index (χ3v) is 5.73. The minimum Gasteiger partial charge on any atom is -0.396 e. The summed E-state index contributed by atoms with van der Waals surface area (Å²) in [7, 11) is 2.25. The van der Waals surface area contributed by atoms with Crippen molar-refractivity contribution < 1.29 is 5.11 Å². The molecule has 2 fully saturated rings. The van der Waals surface area contributed by atoms with Crippen molar-refractivity contribution >= 4 is 0 Å². The summed E-state index contributed by atoms with van der Waals surface area (Å²) in [5, 5.41) is 13.0. The van der Waals surface area contributed by atoms with Crippen molar-refractivity contribution in [2.75, 3.05) is 33.3 Å². The summed E-state index contributed by atoms with van der Waals surface area (Å²) in [6.45, 7) is 15.2. The highest BCUT2D eigenvalue weighted by Crippen LogP contribution is 2.32. The summed E-state index contributed by atoms with van der Waals surface area (Å²) < 4.78 is 0. The molecule has 2 heterocycles. The van der Waals surface area contributed by atoms with Gasteiger partial charge in [0, 0.05) is 42.9 Å². The summed E-state index contributed by atoms with van der Waals surface area (Å²) in [6.07, 6.45) is 2.32. The largest absolute Gasteiger partial charge is 0.396 e. The van der Waals surface area contributed by atoms with Gasteiger partial charge in [0.2, 0.25) is 0 Å². The predicted molar refractivity (Wildman–Crippen MR) is 88.6 cm³/mol. The number of aliphatic hydroxyl groups is 1. The highest BCUT2D eigenvalue weighted by atomic mass is 16.3. The zero-order valence-corrected chi connectivity index (χ0v) is 14.8. The summed E-state index contributed by atoms with van der Waals surface area (Å²) in [5.74, 6) is 0.478. The van der Waals surface area contributed by atoms with Crippen LogP contribution in [0.1, 0.15) is 47.5 Å². The molecular formula is C17H35N3O. The Morgan fingerprint density at radius 3 is 2.33 bits per heavy atom. The molecule has 0 radical (unpaired) electrons. The molecule has 4 nitrogen and oxygen atoms in total. The Labute approximate surface area is 130 Å². The number of nitrogens with one attached hydrogen (secondary N) is 1. The van der Waals surface area contributed by atoms with Crippen LogP contribution in [0.3, 0.4) is 0 Å². The quantitative estimate of drug-likeness (QED) is 0.807. The van der Waals surface area contributed by atoms with Crippen molar-refractivity contribution in [2.24, 2.45) is 5.92 Å². The minimum absolute atomic E-state index is 0.207. The van der Waals surface area contributed by atoms with E-state index >= 15 is 0 Å². The van der Waals surface area contributed by atoms with Crippen LogP contribution in [0.4, 0.5) is 0 Å². The summed E-state index contributed by atoms with van der Waals surface area (Å²) in [4.78, 5) is 5.09. The molecule has 2 N–H and O–H groups in total. The lowest BCUT2D eigenvalue weighted by atomic mass is 9.83. The standard InChI is InChI=1S/C17H35N3O/c1-16(2,3)19(6)15-10-18-14(15)9-17(4,5)20-8-7-13(11-20)12-21/h13-15,18,21H,7-12H2,1-6H3. The molecule has 0 amide bonds. The highest BCUT2D eigenvalue weighted by molar-refractivity contribution is 5.02. The lowest BCUT2D eigenvalue weighted by Crippen LogP contribution is -2.69. The van der Waals surface area contributed by atoms with Gasteiger partial charge in [-0.15, -0.1) is 0 Å². The van der Waals surface area contributed by atoms with Crippen LogP contribution in [0.15, 0.2) is 0 Å². The zero-order valence-electron chi connectivity index (χ0n) is 14.8. The number of hydrogen-bond acceptors (Lipinski definition) is 4. The SMILES string of the molecule is CN(C1CNC1CC(C)(C)N1CCC(CO)C1)C(C)(C)C. The zero-order chi connectivity index (χ0) is 15.8. The van der Waals surface area contributed by atoms with Crippen LogP contribution in [0.25, 0.3) is 0 Å². The van der Waals surface area contributed by atoms with Crippen molar-refractivity contribution in [2.45, 2.75) is 70.6 Å². The van der Waals surface area contributed by atoms with Crippen molar-refractivity contribution in [3.05, 3.63) is 0 Å². The van der Waals surface area contributed by atoms with Crippen molar-refractivity contribution in [3.63, 3.8) is 0 Å². The third-order valence-electron chi connectivity index (χ3n) is 5.73. The monoisotopic (exact) mass is 297 g/mol. The fraction of sp³-hybridized carbons (Fsp3) is 1.00. The molecule has 0 aromatic rings. The Kier molecular flexibility index (Phi) is 5.04. The molecule has 3 atom stereocenters. The predicted octanol–water partition coefficient (Wildman–Crippen LogP) is 1.54. The lowest BCUT2D eigenvalue weighted by molar-refractivity contribution is 0.0178. The Hall–Kier alpha value is -0.160. The summed E-state index contributed by atoms with van der Waals surface area (Å²) in [5.41, 5.74) is 0.434. The van der Waals surface area contributed by atoms with E-state index < -0.39 is 0 Å². The maximum absolute atomic E-state index is 9.35. The van der Waals surface area contributed by atoms with E-state index in [1.165, 1.54) is 6.42 Å². The molecule has 124 valence electrons. The normalized spacial score (nSPS) is 31.7. The van der Waals surface area contributed by atoms with E-state index in [4.69, 9.17) is 0 Å². The molecule has 0 saturated carbocycles.